The van der Waals surface area contributed by atoms with Gasteiger partial charge in [-0.05, 0) is 36.5 Å². The third-order valence-corrected chi connectivity index (χ3v) is 5.96. The van der Waals surface area contributed by atoms with Crippen LogP contribution in [0.4, 0.5) is 4.79 Å². The highest BCUT2D eigenvalue weighted by Crippen LogP contribution is 2.60. The summed E-state index contributed by atoms with van der Waals surface area (Å²) in [4.78, 5) is 14.5. The molecule has 136 valence electrons. The van der Waals surface area contributed by atoms with Crippen LogP contribution >= 0.6 is 0 Å². The van der Waals surface area contributed by atoms with Crippen LogP contribution in [0.2, 0.25) is 0 Å². The van der Waals surface area contributed by atoms with E-state index in [0.29, 0.717) is 13.1 Å². The van der Waals surface area contributed by atoms with Crippen molar-refractivity contribution in [2.75, 3.05) is 19.7 Å². The highest BCUT2D eigenvalue weighted by molar-refractivity contribution is 5.69. The molecule has 2 saturated heterocycles. The van der Waals surface area contributed by atoms with Crippen molar-refractivity contribution in [3.63, 3.8) is 0 Å². The van der Waals surface area contributed by atoms with E-state index in [1.54, 1.807) is 4.90 Å². The van der Waals surface area contributed by atoms with Crippen LogP contribution in [0.15, 0.2) is 54.6 Å². The lowest BCUT2D eigenvalue weighted by atomic mass is 9.47. The standard InChI is InChI=1S/C22H25NO3/c1-17-7-5-6-10-19(17)22-12-21(13-22,16-24)14-23(15-22)20(25)26-11-18-8-3-2-4-9-18/h2-10,24H,11-16H2,1H3. The lowest BCUT2D eigenvalue weighted by Gasteiger charge is -2.63. The summed E-state index contributed by atoms with van der Waals surface area (Å²) in [5.41, 5.74) is 3.28. The number of aliphatic hydroxyl groups excluding tert-OH is 1. The molecule has 2 aliphatic heterocycles. The number of hydrogen-bond donors (Lipinski definition) is 1. The van der Waals surface area contributed by atoms with Gasteiger partial charge in [-0.2, -0.15) is 0 Å². The van der Waals surface area contributed by atoms with Crippen LogP contribution in [0.5, 0.6) is 0 Å². The van der Waals surface area contributed by atoms with Gasteiger partial charge in [0.05, 0.1) is 6.61 Å². The SMILES string of the molecule is Cc1ccccc1C12CN(C(=O)OCc3ccccc3)CC(CO)(C1)C2. The average Bonchev–Trinajstić information content (AvgIpc) is 2.66. The Bertz CT molecular complexity index is 796. The molecule has 2 bridgehead atoms. The maximum absolute atomic E-state index is 12.7. The Kier molecular flexibility index (Phi) is 4.23. The van der Waals surface area contributed by atoms with E-state index in [-0.39, 0.29) is 30.1 Å². The summed E-state index contributed by atoms with van der Waals surface area (Å²) >= 11 is 0. The Hall–Kier alpha value is -2.33. The first-order valence-corrected chi connectivity index (χ1v) is 9.19. The normalized spacial score (nSPS) is 26.9. The molecule has 2 aromatic rings. The van der Waals surface area contributed by atoms with E-state index in [9.17, 15) is 9.90 Å². The molecule has 0 radical (unpaired) electrons. The minimum absolute atomic E-state index is 0.0575. The lowest BCUT2D eigenvalue weighted by molar-refractivity contribution is -0.107. The second kappa shape index (κ2) is 6.44. The highest BCUT2D eigenvalue weighted by Gasteiger charge is 2.61. The van der Waals surface area contributed by atoms with E-state index in [1.165, 1.54) is 11.1 Å². The van der Waals surface area contributed by atoms with Crippen LogP contribution in [-0.4, -0.2) is 35.8 Å². The molecule has 5 rings (SSSR count). The molecule has 4 nitrogen and oxygen atoms in total. The summed E-state index contributed by atoms with van der Waals surface area (Å²) in [5, 5.41) is 9.95. The van der Waals surface area contributed by atoms with Gasteiger partial charge in [0, 0.05) is 23.9 Å². The van der Waals surface area contributed by atoms with Crippen LogP contribution in [0.1, 0.15) is 29.5 Å². The molecule has 1 N–H and O–H groups in total. The van der Waals surface area contributed by atoms with Gasteiger partial charge in [0.1, 0.15) is 6.61 Å². The molecule has 0 aromatic heterocycles. The molecule has 2 heterocycles. The predicted octanol–water partition coefficient (Wildman–Crippen LogP) is 3.66. The van der Waals surface area contributed by atoms with Crippen molar-refractivity contribution >= 4 is 6.09 Å². The Morgan fingerprint density at radius 2 is 1.77 bits per heavy atom. The topological polar surface area (TPSA) is 49.8 Å². The molecule has 1 amide bonds. The van der Waals surface area contributed by atoms with Gasteiger partial charge in [-0.25, -0.2) is 4.79 Å². The number of hydrogen-bond acceptors (Lipinski definition) is 3. The molecule has 3 fully saturated rings. The fourth-order valence-electron chi connectivity index (χ4n) is 4.98. The minimum Gasteiger partial charge on any atom is -0.445 e. The number of nitrogens with zero attached hydrogens (tertiary/aromatic N) is 1. The van der Waals surface area contributed by atoms with Crippen molar-refractivity contribution in [3.8, 4) is 0 Å². The van der Waals surface area contributed by atoms with Crippen LogP contribution < -0.4 is 0 Å². The quantitative estimate of drug-likeness (QED) is 0.915. The van der Waals surface area contributed by atoms with Gasteiger partial charge in [-0.3, -0.25) is 0 Å². The number of aryl methyl sites for hydroxylation is 1. The van der Waals surface area contributed by atoms with Crippen LogP contribution in [0, 0.1) is 12.3 Å². The average molecular weight is 351 g/mol. The van der Waals surface area contributed by atoms with Gasteiger partial charge in [0.25, 0.3) is 0 Å². The van der Waals surface area contributed by atoms with E-state index in [4.69, 9.17) is 4.74 Å². The summed E-state index contributed by atoms with van der Waals surface area (Å²) in [6, 6.07) is 18.1. The molecular weight excluding hydrogens is 326 g/mol. The Labute approximate surface area is 154 Å². The Morgan fingerprint density at radius 1 is 1.08 bits per heavy atom. The van der Waals surface area contributed by atoms with Gasteiger partial charge >= 0.3 is 6.09 Å². The number of carbonyl (C=O) groups excluding carboxylic acids is 1. The zero-order chi connectivity index (χ0) is 18.2. The van der Waals surface area contributed by atoms with Crippen molar-refractivity contribution in [1.82, 2.24) is 4.90 Å². The maximum atomic E-state index is 12.7. The third-order valence-electron chi connectivity index (χ3n) is 5.96. The summed E-state index contributed by atoms with van der Waals surface area (Å²) in [7, 11) is 0. The number of fused-ring (bicyclic) bond motifs is 2. The van der Waals surface area contributed by atoms with Crippen LogP contribution in [0.3, 0.4) is 0 Å². The first-order valence-electron chi connectivity index (χ1n) is 9.19. The van der Waals surface area contributed by atoms with Gasteiger partial charge in [-0.15, -0.1) is 0 Å². The zero-order valence-corrected chi connectivity index (χ0v) is 15.1. The molecule has 0 unspecified atom stereocenters. The number of amides is 1. The fourth-order valence-corrected chi connectivity index (χ4v) is 4.98. The van der Waals surface area contributed by atoms with Crippen molar-refractivity contribution in [2.24, 2.45) is 5.41 Å². The number of rotatable bonds is 4. The summed E-state index contributed by atoms with van der Waals surface area (Å²) in [6.45, 7) is 3.75. The zero-order valence-electron chi connectivity index (χ0n) is 15.1. The van der Waals surface area contributed by atoms with Crippen LogP contribution in [0.25, 0.3) is 0 Å². The molecule has 1 saturated carbocycles. The molecule has 3 aliphatic rings. The van der Waals surface area contributed by atoms with Gasteiger partial charge in [0.2, 0.25) is 0 Å². The summed E-state index contributed by atoms with van der Waals surface area (Å²) < 4.78 is 5.54. The Balaban J connectivity index is 1.51. The number of aliphatic hydroxyl groups is 1. The number of ether oxygens (including phenoxy) is 1. The van der Waals surface area contributed by atoms with Crippen LogP contribution in [-0.2, 0) is 16.8 Å². The van der Waals surface area contributed by atoms with Gasteiger partial charge in [0.15, 0.2) is 0 Å². The molecule has 4 heteroatoms. The van der Waals surface area contributed by atoms with E-state index in [0.717, 1.165) is 18.4 Å². The van der Waals surface area contributed by atoms with E-state index < -0.39 is 0 Å². The van der Waals surface area contributed by atoms with Gasteiger partial charge in [-0.1, -0.05) is 54.6 Å². The summed E-state index contributed by atoms with van der Waals surface area (Å²) in [6.07, 6.45) is 1.58. The van der Waals surface area contributed by atoms with Crippen molar-refractivity contribution in [1.29, 1.82) is 0 Å². The third kappa shape index (κ3) is 2.88. The summed E-state index contributed by atoms with van der Waals surface area (Å²) in [5.74, 6) is 0. The fraction of sp³-hybridized carbons (Fsp3) is 0.409. The van der Waals surface area contributed by atoms with Crippen molar-refractivity contribution in [3.05, 3.63) is 71.3 Å². The first kappa shape index (κ1) is 17.1. The van der Waals surface area contributed by atoms with E-state index in [2.05, 4.69) is 25.1 Å². The van der Waals surface area contributed by atoms with Crippen molar-refractivity contribution in [2.45, 2.75) is 31.8 Å². The maximum Gasteiger partial charge on any atom is 0.410 e. The molecule has 0 spiro atoms. The van der Waals surface area contributed by atoms with Gasteiger partial charge < -0.3 is 14.7 Å². The molecular formula is C22H25NO3. The second-order valence-corrected chi connectivity index (χ2v) is 8.00. The van der Waals surface area contributed by atoms with E-state index >= 15 is 0 Å². The second-order valence-electron chi connectivity index (χ2n) is 8.00. The molecule has 26 heavy (non-hydrogen) atoms. The molecule has 1 aliphatic carbocycles. The first-order chi connectivity index (χ1) is 12.6. The predicted molar refractivity (Wildman–Crippen MR) is 99.8 cm³/mol. The van der Waals surface area contributed by atoms with E-state index in [1.807, 2.05) is 36.4 Å². The monoisotopic (exact) mass is 351 g/mol. The smallest absolute Gasteiger partial charge is 0.410 e. The number of benzene rings is 2. The highest BCUT2D eigenvalue weighted by atomic mass is 16.6. The number of piperidine rings is 2. The lowest BCUT2D eigenvalue weighted by Crippen LogP contribution is -2.67. The molecule has 0 atom stereocenters. The Morgan fingerprint density at radius 3 is 2.46 bits per heavy atom. The minimum atomic E-state index is -0.288. The van der Waals surface area contributed by atoms with Crippen molar-refractivity contribution < 1.29 is 14.6 Å². The number of carbonyl (C=O) groups is 1. The molecule has 2 aromatic carbocycles. The largest absolute Gasteiger partial charge is 0.445 e.